The first-order chi connectivity index (χ1) is 10.9. The third-order valence-electron chi connectivity index (χ3n) is 2.73. The zero-order valence-electron chi connectivity index (χ0n) is 12.4. The fourth-order valence-corrected chi connectivity index (χ4v) is 1.99. The summed E-state index contributed by atoms with van der Waals surface area (Å²) in [5.74, 6) is 0.0508. The Morgan fingerprint density at radius 2 is 1.96 bits per heavy atom. The molecule has 118 valence electrons. The number of rotatable bonds is 3. The summed E-state index contributed by atoms with van der Waals surface area (Å²) in [5, 5.41) is 12.9. The molecule has 0 N–H and O–H groups in total. The lowest BCUT2D eigenvalue weighted by molar-refractivity contribution is 0.341. The molecule has 0 atom stereocenters. The summed E-state index contributed by atoms with van der Waals surface area (Å²) in [5.41, 5.74) is 1.56. The van der Waals surface area contributed by atoms with Crippen molar-refractivity contribution in [1.29, 1.82) is 5.26 Å². The Kier molecular flexibility index (Phi) is 4.93. The fraction of sp³-hybridized carbons (Fsp3) is 0.133. The van der Waals surface area contributed by atoms with Crippen LogP contribution in [0.25, 0.3) is 5.57 Å². The van der Waals surface area contributed by atoms with Gasteiger partial charge in [0, 0.05) is 0 Å². The second-order valence-corrected chi connectivity index (χ2v) is 6.00. The van der Waals surface area contributed by atoms with Crippen molar-refractivity contribution in [3.63, 3.8) is 0 Å². The van der Waals surface area contributed by atoms with Crippen LogP contribution >= 0.6 is 0 Å². The number of benzene rings is 1. The van der Waals surface area contributed by atoms with E-state index in [1.807, 2.05) is 18.2 Å². The molecule has 0 saturated carbocycles. The third kappa shape index (κ3) is 4.28. The number of aliphatic imine (C=N–C) groups is 1. The van der Waals surface area contributed by atoms with Gasteiger partial charge in [-0.15, -0.1) is 0 Å². The summed E-state index contributed by atoms with van der Waals surface area (Å²) in [4.78, 5) is 4.19. The van der Waals surface area contributed by atoms with Gasteiger partial charge >= 0.3 is 10.1 Å². The van der Waals surface area contributed by atoms with Crippen molar-refractivity contribution in [1.82, 2.24) is 0 Å². The Bertz CT molecular complexity index is 860. The summed E-state index contributed by atoms with van der Waals surface area (Å²) >= 11 is 0. The summed E-state index contributed by atoms with van der Waals surface area (Å²) in [6, 6.07) is 11.2. The number of nitrogens with zero attached hydrogens (tertiary/aromatic N) is 3. The highest BCUT2D eigenvalue weighted by atomic mass is 32.2. The fourth-order valence-electron chi connectivity index (χ4n) is 1.77. The first-order valence-corrected chi connectivity index (χ1v) is 8.24. The van der Waals surface area contributed by atoms with Crippen LogP contribution in [0.2, 0.25) is 0 Å². The van der Waals surface area contributed by atoms with Crippen LogP contribution in [0.15, 0.2) is 58.3 Å². The van der Waals surface area contributed by atoms with Crippen molar-refractivity contribution < 1.29 is 17.4 Å². The van der Waals surface area contributed by atoms with Gasteiger partial charge < -0.3 is 4.74 Å². The molecule has 2 rings (SSSR count). The minimum absolute atomic E-state index is 0.0508. The lowest BCUT2D eigenvalue weighted by Crippen LogP contribution is -2.18. The maximum Gasteiger partial charge on any atom is 0.325 e. The molecule has 1 aromatic carbocycles. The van der Waals surface area contributed by atoms with Gasteiger partial charge in [0.25, 0.3) is 0 Å². The van der Waals surface area contributed by atoms with E-state index in [1.165, 1.54) is 13.2 Å². The number of nitriles is 1. The summed E-state index contributed by atoms with van der Waals surface area (Å²) in [7, 11) is -2.37. The van der Waals surface area contributed by atoms with Gasteiger partial charge in [-0.25, -0.2) is 4.99 Å². The van der Waals surface area contributed by atoms with E-state index in [0.29, 0.717) is 16.8 Å². The largest absolute Gasteiger partial charge is 0.479 e. The highest BCUT2D eigenvalue weighted by Crippen LogP contribution is 2.22. The number of ether oxygens (including phenoxy) is 1. The molecule has 0 aromatic heterocycles. The average molecular weight is 331 g/mol. The van der Waals surface area contributed by atoms with Crippen LogP contribution in [0.5, 0.6) is 0 Å². The first-order valence-electron chi connectivity index (χ1n) is 6.42. The topological polar surface area (TPSA) is 101 Å². The molecular weight excluding hydrogens is 318 g/mol. The molecule has 0 bridgehead atoms. The van der Waals surface area contributed by atoms with Crippen LogP contribution in [0.3, 0.4) is 0 Å². The maximum atomic E-state index is 11.0. The van der Waals surface area contributed by atoms with Crippen LogP contribution in [0.1, 0.15) is 5.56 Å². The van der Waals surface area contributed by atoms with Crippen LogP contribution in [0, 0.1) is 11.3 Å². The van der Waals surface area contributed by atoms with Crippen molar-refractivity contribution in [3.05, 3.63) is 53.7 Å². The quantitative estimate of drug-likeness (QED) is 0.621. The van der Waals surface area contributed by atoms with E-state index in [2.05, 4.69) is 20.5 Å². The number of oxime groups is 1. The monoisotopic (exact) mass is 331 g/mol. The first kappa shape index (κ1) is 16.5. The minimum atomic E-state index is -3.73. The van der Waals surface area contributed by atoms with Gasteiger partial charge in [0.2, 0.25) is 5.90 Å². The molecule has 0 unspecified atom stereocenters. The minimum Gasteiger partial charge on any atom is -0.479 e. The second kappa shape index (κ2) is 6.89. The number of allylic oxidation sites excluding steroid dienone is 2. The van der Waals surface area contributed by atoms with E-state index in [-0.39, 0.29) is 11.6 Å². The van der Waals surface area contributed by atoms with Gasteiger partial charge in [-0.2, -0.15) is 13.7 Å². The molecule has 1 aliphatic heterocycles. The molecule has 0 amide bonds. The van der Waals surface area contributed by atoms with Crippen molar-refractivity contribution in [3.8, 4) is 6.07 Å². The highest BCUT2D eigenvalue weighted by Gasteiger charge is 2.17. The van der Waals surface area contributed by atoms with Crippen LogP contribution in [-0.4, -0.2) is 33.4 Å². The van der Waals surface area contributed by atoms with Crippen molar-refractivity contribution >= 4 is 27.3 Å². The van der Waals surface area contributed by atoms with Crippen molar-refractivity contribution in [2.75, 3.05) is 13.4 Å². The van der Waals surface area contributed by atoms with Gasteiger partial charge in [-0.05, 0) is 17.7 Å². The predicted octanol–water partition coefficient (Wildman–Crippen LogP) is 1.87. The molecule has 1 heterocycles. The lowest BCUT2D eigenvalue weighted by Gasteiger charge is -2.11. The van der Waals surface area contributed by atoms with Gasteiger partial charge in [-0.1, -0.05) is 35.5 Å². The van der Waals surface area contributed by atoms with Gasteiger partial charge in [-0.3, -0.25) is 4.28 Å². The van der Waals surface area contributed by atoms with E-state index < -0.39 is 10.1 Å². The second-order valence-electron chi connectivity index (χ2n) is 4.45. The molecule has 1 aromatic rings. The predicted molar refractivity (Wildman–Crippen MR) is 85.9 cm³/mol. The number of hydrogen-bond acceptors (Lipinski definition) is 7. The summed E-state index contributed by atoms with van der Waals surface area (Å²) in [6.07, 6.45) is 3.88. The Morgan fingerprint density at radius 3 is 2.52 bits per heavy atom. The smallest absolute Gasteiger partial charge is 0.325 e. The third-order valence-corrected chi connectivity index (χ3v) is 3.08. The molecule has 7 nitrogen and oxygen atoms in total. The molecule has 23 heavy (non-hydrogen) atoms. The highest BCUT2D eigenvalue weighted by molar-refractivity contribution is 7.85. The summed E-state index contributed by atoms with van der Waals surface area (Å²) in [6.45, 7) is 0. The number of dihydropyridines is 1. The SMILES string of the molecule is COC1=NC(=C(C#N)c2ccccc2)C=CC1=NOS(C)(=O)=O. The standard InChI is InChI=1S/C15H13N3O4S/c1-21-15-14(18-22-23(2,19)20)9-8-13(17-15)12(10-16)11-6-4-3-5-7-11/h3-9H,1-2H3. The Morgan fingerprint density at radius 1 is 1.26 bits per heavy atom. The van der Waals surface area contributed by atoms with Crippen molar-refractivity contribution in [2.45, 2.75) is 0 Å². The molecule has 0 spiro atoms. The van der Waals surface area contributed by atoms with E-state index in [0.717, 1.165) is 6.26 Å². The maximum absolute atomic E-state index is 11.0. The van der Waals surface area contributed by atoms with Gasteiger partial charge in [0.15, 0.2) is 5.71 Å². The lowest BCUT2D eigenvalue weighted by atomic mass is 10.0. The zero-order valence-corrected chi connectivity index (χ0v) is 13.2. The van der Waals surface area contributed by atoms with E-state index in [9.17, 15) is 13.7 Å². The normalized spacial score (nSPS) is 18.1. The molecular formula is C15H13N3O4S. The molecule has 0 fully saturated rings. The molecule has 0 aliphatic carbocycles. The number of hydrogen-bond donors (Lipinski definition) is 0. The Hall–Kier alpha value is -2.92. The molecule has 8 heteroatoms. The number of methoxy groups -OCH3 is 1. The molecule has 1 aliphatic rings. The zero-order chi connectivity index (χ0) is 16.9. The van der Waals surface area contributed by atoms with Crippen LogP contribution < -0.4 is 0 Å². The summed E-state index contributed by atoms with van der Waals surface area (Å²) < 4.78 is 31.4. The Balaban J connectivity index is 2.44. The van der Waals surface area contributed by atoms with E-state index in [1.54, 1.807) is 18.2 Å². The average Bonchev–Trinajstić information content (AvgIpc) is 2.54. The van der Waals surface area contributed by atoms with Gasteiger partial charge in [0.05, 0.1) is 24.6 Å². The van der Waals surface area contributed by atoms with Gasteiger partial charge in [0.1, 0.15) is 6.07 Å². The van der Waals surface area contributed by atoms with Crippen LogP contribution in [-0.2, 0) is 19.1 Å². The van der Waals surface area contributed by atoms with E-state index >= 15 is 0 Å². The molecule has 0 radical (unpaired) electrons. The van der Waals surface area contributed by atoms with E-state index in [4.69, 9.17) is 4.74 Å². The Labute approximate surface area is 134 Å². The van der Waals surface area contributed by atoms with Crippen molar-refractivity contribution in [2.24, 2.45) is 10.1 Å². The molecule has 0 saturated heterocycles. The van der Waals surface area contributed by atoms with Crippen LogP contribution in [0.4, 0.5) is 0 Å².